The van der Waals surface area contributed by atoms with Crippen LogP contribution in [-0.2, 0) is 9.59 Å². The standard InChI is InChI=1S/C15H19NO5/c1-15(2)11(12(15)14(18)19)13(17)16-8-5-6-9(20-3)10(7-8)21-4/h5-7,11-12H,1-4H3,(H,16,17)(H,18,19)/t11-,12+/m1/s1. The number of rotatable bonds is 5. The van der Waals surface area contributed by atoms with Gasteiger partial charge < -0.3 is 19.9 Å². The van der Waals surface area contributed by atoms with Crippen molar-refractivity contribution in [3.05, 3.63) is 18.2 Å². The summed E-state index contributed by atoms with van der Waals surface area (Å²) in [6.45, 7) is 3.56. The first kappa shape index (κ1) is 15.2. The Morgan fingerprint density at radius 1 is 1.14 bits per heavy atom. The second-order valence-corrected chi connectivity index (χ2v) is 5.67. The number of carbonyl (C=O) groups excluding carboxylic acids is 1. The van der Waals surface area contributed by atoms with Crippen LogP contribution in [0.3, 0.4) is 0 Å². The lowest BCUT2D eigenvalue weighted by Crippen LogP contribution is -2.17. The lowest BCUT2D eigenvalue weighted by Gasteiger charge is -2.11. The van der Waals surface area contributed by atoms with Gasteiger partial charge in [0.25, 0.3) is 0 Å². The van der Waals surface area contributed by atoms with Crippen molar-refractivity contribution in [3.63, 3.8) is 0 Å². The molecule has 2 N–H and O–H groups in total. The highest BCUT2D eigenvalue weighted by Gasteiger charge is 2.65. The summed E-state index contributed by atoms with van der Waals surface area (Å²) < 4.78 is 10.3. The molecule has 0 saturated heterocycles. The van der Waals surface area contributed by atoms with Crippen molar-refractivity contribution >= 4 is 17.6 Å². The monoisotopic (exact) mass is 293 g/mol. The number of amides is 1. The maximum Gasteiger partial charge on any atom is 0.307 e. The van der Waals surface area contributed by atoms with Crippen LogP contribution in [0.15, 0.2) is 18.2 Å². The van der Waals surface area contributed by atoms with Gasteiger partial charge in [-0.05, 0) is 17.5 Å². The van der Waals surface area contributed by atoms with Crippen LogP contribution in [0.25, 0.3) is 0 Å². The van der Waals surface area contributed by atoms with E-state index < -0.39 is 23.2 Å². The molecule has 114 valence electrons. The molecule has 0 radical (unpaired) electrons. The Kier molecular flexibility index (Phi) is 3.80. The predicted octanol–water partition coefficient (Wildman–Crippen LogP) is 2.00. The molecule has 1 amide bonds. The normalized spacial score (nSPS) is 22.3. The highest BCUT2D eigenvalue weighted by Crippen LogP contribution is 2.58. The number of hydrogen-bond acceptors (Lipinski definition) is 4. The van der Waals surface area contributed by atoms with Gasteiger partial charge in [-0.2, -0.15) is 0 Å². The fourth-order valence-electron chi connectivity index (χ4n) is 2.72. The molecule has 2 rings (SSSR count). The van der Waals surface area contributed by atoms with Crippen molar-refractivity contribution in [2.45, 2.75) is 13.8 Å². The molecular weight excluding hydrogens is 274 g/mol. The van der Waals surface area contributed by atoms with Crippen molar-refractivity contribution in [2.75, 3.05) is 19.5 Å². The molecule has 1 fully saturated rings. The second-order valence-electron chi connectivity index (χ2n) is 5.67. The third-order valence-corrected chi connectivity index (χ3v) is 4.03. The van der Waals surface area contributed by atoms with E-state index in [-0.39, 0.29) is 5.91 Å². The number of aliphatic carboxylic acids is 1. The lowest BCUT2D eigenvalue weighted by molar-refractivity contribution is -0.140. The van der Waals surface area contributed by atoms with Crippen LogP contribution in [0, 0.1) is 17.3 Å². The Morgan fingerprint density at radius 3 is 2.24 bits per heavy atom. The quantitative estimate of drug-likeness (QED) is 0.867. The molecular formula is C15H19NO5. The highest BCUT2D eigenvalue weighted by atomic mass is 16.5. The molecule has 0 unspecified atom stereocenters. The molecule has 1 aromatic rings. The first-order chi connectivity index (χ1) is 9.82. The topological polar surface area (TPSA) is 84.9 Å². The summed E-state index contributed by atoms with van der Waals surface area (Å²) in [6, 6.07) is 5.01. The van der Waals surface area contributed by atoms with Gasteiger partial charge in [0.15, 0.2) is 11.5 Å². The molecule has 0 spiro atoms. The SMILES string of the molecule is COc1ccc(NC(=O)[C@H]2[C@@H](C(=O)O)C2(C)C)cc1OC. The fraction of sp³-hybridized carbons (Fsp3) is 0.467. The largest absolute Gasteiger partial charge is 0.493 e. The van der Waals surface area contributed by atoms with E-state index in [0.29, 0.717) is 17.2 Å². The molecule has 0 heterocycles. The summed E-state index contributed by atoms with van der Waals surface area (Å²) in [5.41, 5.74) is 0.0245. The van der Waals surface area contributed by atoms with Gasteiger partial charge in [0.05, 0.1) is 26.1 Å². The first-order valence-corrected chi connectivity index (χ1v) is 6.58. The van der Waals surface area contributed by atoms with Gasteiger partial charge in [-0.25, -0.2) is 0 Å². The van der Waals surface area contributed by atoms with E-state index in [1.165, 1.54) is 14.2 Å². The molecule has 1 aliphatic rings. The average molecular weight is 293 g/mol. The Bertz CT molecular complexity index is 581. The van der Waals surface area contributed by atoms with E-state index >= 15 is 0 Å². The van der Waals surface area contributed by atoms with Crippen LogP contribution in [0.4, 0.5) is 5.69 Å². The maximum absolute atomic E-state index is 12.2. The molecule has 6 nitrogen and oxygen atoms in total. The first-order valence-electron chi connectivity index (χ1n) is 6.58. The number of carbonyl (C=O) groups is 2. The molecule has 1 aliphatic carbocycles. The van der Waals surface area contributed by atoms with E-state index in [9.17, 15) is 9.59 Å². The van der Waals surface area contributed by atoms with Crippen LogP contribution < -0.4 is 14.8 Å². The van der Waals surface area contributed by atoms with Crippen LogP contribution in [0.1, 0.15) is 13.8 Å². The summed E-state index contributed by atoms with van der Waals surface area (Å²) >= 11 is 0. The van der Waals surface area contributed by atoms with Gasteiger partial charge >= 0.3 is 5.97 Å². The van der Waals surface area contributed by atoms with Crippen molar-refractivity contribution in [2.24, 2.45) is 17.3 Å². The minimum Gasteiger partial charge on any atom is -0.493 e. The fourth-order valence-corrected chi connectivity index (χ4v) is 2.72. The zero-order valence-corrected chi connectivity index (χ0v) is 12.5. The molecule has 0 aliphatic heterocycles. The highest BCUT2D eigenvalue weighted by molar-refractivity contribution is 5.99. The summed E-state index contributed by atoms with van der Waals surface area (Å²) in [6.07, 6.45) is 0. The average Bonchev–Trinajstić information content (AvgIpc) is 3.01. The minimum absolute atomic E-state index is 0.292. The van der Waals surface area contributed by atoms with Gasteiger partial charge in [0, 0.05) is 11.8 Å². The number of benzene rings is 1. The van der Waals surface area contributed by atoms with Gasteiger partial charge in [-0.3, -0.25) is 9.59 Å². The summed E-state index contributed by atoms with van der Waals surface area (Å²) in [7, 11) is 3.04. The van der Waals surface area contributed by atoms with Crippen molar-refractivity contribution in [1.29, 1.82) is 0 Å². The van der Waals surface area contributed by atoms with E-state index in [4.69, 9.17) is 14.6 Å². The number of ether oxygens (including phenoxy) is 2. The van der Waals surface area contributed by atoms with Crippen LogP contribution in [-0.4, -0.2) is 31.2 Å². The predicted molar refractivity (Wildman–Crippen MR) is 76.6 cm³/mol. The number of carboxylic acid groups (broad SMARTS) is 1. The van der Waals surface area contributed by atoms with E-state index in [1.54, 1.807) is 32.0 Å². The maximum atomic E-state index is 12.2. The number of carboxylic acids is 1. The van der Waals surface area contributed by atoms with Crippen molar-refractivity contribution in [3.8, 4) is 11.5 Å². The minimum atomic E-state index is -0.938. The van der Waals surface area contributed by atoms with E-state index in [2.05, 4.69) is 5.32 Å². The van der Waals surface area contributed by atoms with Crippen LogP contribution in [0.5, 0.6) is 11.5 Å². The molecule has 1 aromatic carbocycles. The summed E-state index contributed by atoms with van der Waals surface area (Å²) in [5, 5.41) is 11.8. The molecule has 2 atom stereocenters. The van der Waals surface area contributed by atoms with Gasteiger partial charge in [-0.1, -0.05) is 13.8 Å². The van der Waals surface area contributed by atoms with Crippen LogP contribution >= 0.6 is 0 Å². The summed E-state index contributed by atoms with van der Waals surface area (Å²) in [5.74, 6) is -1.33. The summed E-state index contributed by atoms with van der Waals surface area (Å²) in [4.78, 5) is 23.3. The number of methoxy groups -OCH3 is 2. The molecule has 21 heavy (non-hydrogen) atoms. The lowest BCUT2D eigenvalue weighted by atomic mass is 10.1. The third kappa shape index (κ3) is 2.66. The Morgan fingerprint density at radius 2 is 1.76 bits per heavy atom. The third-order valence-electron chi connectivity index (χ3n) is 4.03. The smallest absolute Gasteiger partial charge is 0.307 e. The molecule has 0 bridgehead atoms. The zero-order chi connectivity index (χ0) is 15.8. The van der Waals surface area contributed by atoms with E-state index in [0.717, 1.165) is 0 Å². The zero-order valence-electron chi connectivity index (χ0n) is 12.5. The second kappa shape index (κ2) is 5.27. The van der Waals surface area contributed by atoms with Crippen molar-refractivity contribution in [1.82, 2.24) is 0 Å². The van der Waals surface area contributed by atoms with Crippen molar-refractivity contribution < 1.29 is 24.2 Å². The van der Waals surface area contributed by atoms with Gasteiger partial charge in [0.1, 0.15) is 0 Å². The van der Waals surface area contributed by atoms with Gasteiger partial charge in [-0.15, -0.1) is 0 Å². The van der Waals surface area contributed by atoms with E-state index in [1.807, 2.05) is 0 Å². The Hall–Kier alpha value is -2.24. The molecule has 0 aromatic heterocycles. The Balaban J connectivity index is 2.13. The number of anilines is 1. The molecule has 1 saturated carbocycles. The number of hydrogen-bond donors (Lipinski definition) is 2. The Labute approximate surface area is 123 Å². The number of nitrogens with one attached hydrogen (secondary N) is 1. The van der Waals surface area contributed by atoms with Gasteiger partial charge in [0.2, 0.25) is 5.91 Å². The van der Waals surface area contributed by atoms with Crippen LogP contribution in [0.2, 0.25) is 0 Å². The molecule has 6 heteroatoms.